The van der Waals surface area contributed by atoms with Gasteiger partial charge in [0.2, 0.25) is 5.91 Å². The minimum Gasteiger partial charge on any atom is -0.340 e. The van der Waals surface area contributed by atoms with Crippen LogP contribution < -0.4 is 0 Å². The number of aromatic nitrogens is 3. The first-order valence-corrected chi connectivity index (χ1v) is 10.7. The minimum atomic E-state index is -0.462. The molecule has 3 heterocycles. The van der Waals surface area contributed by atoms with E-state index in [1.165, 1.54) is 28.6 Å². The second-order valence-corrected chi connectivity index (χ2v) is 8.40. The van der Waals surface area contributed by atoms with Crippen molar-refractivity contribution in [1.82, 2.24) is 24.6 Å². The first-order chi connectivity index (χ1) is 14.4. The highest BCUT2D eigenvalue weighted by atomic mass is 32.2. The molecule has 11 heteroatoms. The number of hydrogen-bond donors (Lipinski definition) is 0. The number of amides is 1. The van der Waals surface area contributed by atoms with Gasteiger partial charge < -0.3 is 4.90 Å². The monoisotopic (exact) mass is 430 g/mol. The number of nitrogens with zero attached hydrogens (tertiary/aromatic N) is 6. The smallest absolute Gasteiger partial charge is 0.269 e. The molecule has 158 valence electrons. The molecule has 0 N–H and O–H groups in total. The predicted octanol–water partition coefficient (Wildman–Crippen LogP) is 1.77. The summed E-state index contributed by atoms with van der Waals surface area (Å²) < 4.78 is 1.37. The van der Waals surface area contributed by atoms with Gasteiger partial charge in [0.1, 0.15) is 5.25 Å². The number of carbonyl (C=O) groups is 2. The predicted molar refractivity (Wildman–Crippen MR) is 109 cm³/mol. The molecule has 1 aromatic heterocycles. The lowest BCUT2D eigenvalue weighted by molar-refractivity contribution is -0.384. The van der Waals surface area contributed by atoms with Gasteiger partial charge in [-0.3, -0.25) is 24.6 Å². The number of non-ortho nitro benzene ring substituents is 1. The quantitative estimate of drug-likeness (QED) is 0.521. The Labute approximate surface area is 177 Å². The molecule has 2 aromatic rings. The molecule has 0 aliphatic carbocycles. The lowest BCUT2D eigenvalue weighted by atomic mass is 9.99. The minimum absolute atomic E-state index is 0.00600. The van der Waals surface area contributed by atoms with Crippen molar-refractivity contribution < 1.29 is 14.5 Å². The summed E-state index contributed by atoms with van der Waals surface area (Å²) in [6.07, 6.45) is 0.650. The summed E-state index contributed by atoms with van der Waals surface area (Å²) in [6.45, 7) is 5.87. The molecule has 0 saturated carbocycles. The maximum absolute atomic E-state index is 13.2. The van der Waals surface area contributed by atoms with Crippen LogP contribution in [-0.4, -0.2) is 72.7 Å². The Hall–Kier alpha value is -2.79. The van der Waals surface area contributed by atoms with Crippen LogP contribution in [0.4, 0.5) is 5.69 Å². The molecule has 4 rings (SSSR count). The number of nitro groups is 1. The molecular formula is C19H22N6O4S. The fraction of sp³-hybridized carbons (Fsp3) is 0.474. The first kappa shape index (κ1) is 20.5. The van der Waals surface area contributed by atoms with E-state index < -0.39 is 10.2 Å². The molecule has 30 heavy (non-hydrogen) atoms. The second-order valence-electron chi connectivity index (χ2n) is 7.29. The van der Waals surface area contributed by atoms with Crippen molar-refractivity contribution in [2.45, 2.75) is 36.7 Å². The van der Waals surface area contributed by atoms with E-state index in [0.29, 0.717) is 43.6 Å². The maximum atomic E-state index is 13.2. The average Bonchev–Trinajstić information content (AvgIpc) is 3.28. The van der Waals surface area contributed by atoms with Crippen LogP contribution in [0.15, 0.2) is 29.4 Å². The number of thioether (sulfide) groups is 1. The van der Waals surface area contributed by atoms with Gasteiger partial charge in [0, 0.05) is 51.7 Å². The van der Waals surface area contributed by atoms with Gasteiger partial charge in [0.25, 0.3) is 11.6 Å². The van der Waals surface area contributed by atoms with E-state index >= 15 is 0 Å². The fourth-order valence-electron chi connectivity index (χ4n) is 3.88. The fourth-order valence-corrected chi connectivity index (χ4v) is 5.15. The van der Waals surface area contributed by atoms with Gasteiger partial charge in [0.05, 0.1) is 11.0 Å². The van der Waals surface area contributed by atoms with Crippen molar-refractivity contribution in [3.8, 4) is 0 Å². The van der Waals surface area contributed by atoms with Crippen LogP contribution in [0.3, 0.4) is 0 Å². The lowest BCUT2D eigenvalue weighted by Crippen LogP contribution is -2.51. The van der Waals surface area contributed by atoms with Crippen LogP contribution >= 0.6 is 11.8 Å². The van der Waals surface area contributed by atoms with Gasteiger partial charge in [0.15, 0.2) is 11.0 Å². The van der Waals surface area contributed by atoms with Crippen molar-refractivity contribution in [2.24, 2.45) is 0 Å². The molecule has 1 amide bonds. The summed E-state index contributed by atoms with van der Waals surface area (Å²) >= 11 is 1.38. The third-order valence-electron chi connectivity index (χ3n) is 5.51. The van der Waals surface area contributed by atoms with Crippen molar-refractivity contribution in [3.63, 3.8) is 0 Å². The Kier molecular flexibility index (Phi) is 5.56. The first-order valence-electron chi connectivity index (χ1n) is 9.79. The van der Waals surface area contributed by atoms with Crippen LogP contribution in [0, 0.1) is 10.1 Å². The van der Waals surface area contributed by atoms with E-state index in [1.54, 1.807) is 24.0 Å². The van der Waals surface area contributed by atoms with Crippen molar-refractivity contribution in [2.75, 3.05) is 26.2 Å². The van der Waals surface area contributed by atoms with Crippen LogP contribution in [-0.2, 0) is 11.2 Å². The standard InChI is InChI=1S/C19H22N6O4S/c1-3-15-20-19-24(21-15)18(27)17(30-19)16(13-4-6-14(7-5-13)25(28)29)23-10-8-22(9-11-23)12(2)26/h4-7,16-17H,3,8-11H2,1-2H3. The van der Waals surface area contributed by atoms with E-state index in [1.807, 2.05) is 6.92 Å². The molecule has 1 aromatic carbocycles. The molecule has 1 fully saturated rings. The molecule has 0 bridgehead atoms. The van der Waals surface area contributed by atoms with E-state index in [9.17, 15) is 19.7 Å². The second kappa shape index (κ2) is 8.15. The number of rotatable bonds is 5. The molecular weight excluding hydrogens is 408 g/mol. The summed E-state index contributed by atoms with van der Waals surface area (Å²) in [4.78, 5) is 43.9. The Morgan fingerprint density at radius 3 is 2.47 bits per heavy atom. The van der Waals surface area contributed by atoms with Crippen molar-refractivity contribution in [3.05, 3.63) is 45.8 Å². The van der Waals surface area contributed by atoms with E-state index in [4.69, 9.17) is 0 Å². The zero-order valence-corrected chi connectivity index (χ0v) is 17.5. The Bertz CT molecular complexity index is 983. The summed E-state index contributed by atoms with van der Waals surface area (Å²) in [6, 6.07) is 6.04. The van der Waals surface area contributed by atoms with Gasteiger partial charge in [-0.05, 0) is 5.56 Å². The van der Waals surface area contributed by atoms with Gasteiger partial charge in [-0.25, -0.2) is 4.98 Å². The maximum Gasteiger partial charge on any atom is 0.269 e. The number of benzene rings is 1. The zero-order chi connectivity index (χ0) is 21.4. The van der Waals surface area contributed by atoms with Crippen LogP contribution in [0.2, 0.25) is 0 Å². The normalized spacial score (nSPS) is 20.3. The van der Waals surface area contributed by atoms with E-state index in [-0.39, 0.29) is 23.5 Å². The molecule has 10 nitrogen and oxygen atoms in total. The third-order valence-corrected chi connectivity index (χ3v) is 6.70. The molecule has 0 radical (unpaired) electrons. The molecule has 2 atom stereocenters. The molecule has 2 unspecified atom stereocenters. The molecule has 0 spiro atoms. The van der Waals surface area contributed by atoms with Crippen LogP contribution in [0.25, 0.3) is 0 Å². The summed E-state index contributed by atoms with van der Waals surface area (Å²) in [5, 5.41) is 15.5. The number of piperazine rings is 1. The number of fused-ring (bicyclic) bond motifs is 1. The number of hydrogen-bond acceptors (Lipinski definition) is 8. The van der Waals surface area contributed by atoms with Gasteiger partial charge in [-0.2, -0.15) is 4.68 Å². The molecule has 2 aliphatic rings. The van der Waals surface area contributed by atoms with Crippen LogP contribution in [0.5, 0.6) is 0 Å². The zero-order valence-electron chi connectivity index (χ0n) is 16.7. The Balaban J connectivity index is 1.64. The van der Waals surface area contributed by atoms with Crippen molar-refractivity contribution in [1.29, 1.82) is 0 Å². The van der Waals surface area contributed by atoms with Crippen molar-refractivity contribution >= 4 is 29.3 Å². The SMILES string of the molecule is CCc1nc2n(n1)C(=O)C(C(c1ccc([N+](=O)[O-])cc1)N1CCN(C(C)=O)CC1)S2. The summed E-state index contributed by atoms with van der Waals surface area (Å²) in [5.41, 5.74) is 0.829. The van der Waals surface area contributed by atoms with Gasteiger partial charge in [-0.15, -0.1) is 5.10 Å². The third kappa shape index (κ3) is 3.70. The summed E-state index contributed by atoms with van der Waals surface area (Å²) in [7, 11) is 0. The topological polar surface area (TPSA) is 114 Å². The average molecular weight is 430 g/mol. The van der Waals surface area contributed by atoms with E-state index in [0.717, 1.165) is 5.56 Å². The lowest BCUT2D eigenvalue weighted by Gasteiger charge is -2.40. The number of aryl methyl sites for hydroxylation is 1. The summed E-state index contributed by atoms with van der Waals surface area (Å²) in [5.74, 6) is 0.523. The molecule has 2 aliphatic heterocycles. The van der Waals surface area contributed by atoms with E-state index in [2.05, 4.69) is 15.0 Å². The number of carbonyl (C=O) groups excluding carboxylic acids is 2. The van der Waals surface area contributed by atoms with Gasteiger partial charge >= 0.3 is 0 Å². The highest BCUT2D eigenvalue weighted by Crippen LogP contribution is 2.41. The Morgan fingerprint density at radius 1 is 1.27 bits per heavy atom. The largest absolute Gasteiger partial charge is 0.340 e. The highest BCUT2D eigenvalue weighted by Gasteiger charge is 2.43. The van der Waals surface area contributed by atoms with Gasteiger partial charge in [-0.1, -0.05) is 30.8 Å². The van der Waals surface area contributed by atoms with Crippen LogP contribution in [0.1, 0.15) is 36.1 Å². The highest BCUT2D eigenvalue weighted by molar-refractivity contribution is 8.00. The number of nitro benzene ring substituents is 1. The Morgan fingerprint density at radius 2 is 1.93 bits per heavy atom. The molecule has 1 saturated heterocycles.